The second kappa shape index (κ2) is 8.83. The van der Waals surface area contributed by atoms with Gasteiger partial charge in [-0.25, -0.2) is 14.4 Å². The van der Waals surface area contributed by atoms with Gasteiger partial charge in [-0.2, -0.15) is 0 Å². The van der Waals surface area contributed by atoms with E-state index in [-0.39, 0.29) is 5.82 Å². The quantitative estimate of drug-likeness (QED) is 0.439. The van der Waals surface area contributed by atoms with Crippen molar-refractivity contribution in [3.05, 3.63) is 78.6 Å². The van der Waals surface area contributed by atoms with Crippen molar-refractivity contribution in [2.75, 3.05) is 42.6 Å². The SMILES string of the molecule is CCOc1ccc(-c2nc(N3CCN(c4ccccc4F)CC3)c3ccccc3n2)cc1. The molecule has 1 aliphatic heterocycles. The van der Waals surface area contributed by atoms with Gasteiger partial charge in [0, 0.05) is 37.1 Å². The van der Waals surface area contributed by atoms with E-state index < -0.39 is 0 Å². The van der Waals surface area contributed by atoms with Gasteiger partial charge in [0.05, 0.1) is 17.8 Å². The first kappa shape index (κ1) is 20.2. The monoisotopic (exact) mass is 428 g/mol. The third-order valence-electron chi connectivity index (χ3n) is 5.78. The molecule has 2 heterocycles. The van der Waals surface area contributed by atoms with E-state index in [9.17, 15) is 4.39 Å². The van der Waals surface area contributed by atoms with Crippen LogP contribution >= 0.6 is 0 Å². The van der Waals surface area contributed by atoms with Gasteiger partial charge in [0.1, 0.15) is 17.4 Å². The molecule has 1 aromatic heterocycles. The van der Waals surface area contributed by atoms with Crippen LogP contribution < -0.4 is 14.5 Å². The normalized spacial score (nSPS) is 14.1. The van der Waals surface area contributed by atoms with E-state index in [1.165, 1.54) is 6.07 Å². The summed E-state index contributed by atoms with van der Waals surface area (Å²) in [7, 11) is 0. The predicted molar refractivity (Wildman–Crippen MR) is 127 cm³/mol. The maximum absolute atomic E-state index is 14.2. The Morgan fingerprint density at radius 1 is 0.812 bits per heavy atom. The summed E-state index contributed by atoms with van der Waals surface area (Å²) in [5, 5.41) is 1.03. The highest BCUT2D eigenvalue weighted by Crippen LogP contribution is 2.30. The van der Waals surface area contributed by atoms with E-state index in [0.29, 0.717) is 18.1 Å². The molecule has 0 radical (unpaired) electrons. The summed E-state index contributed by atoms with van der Waals surface area (Å²) in [5.74, 6) is 2.28. The number of hydrogen-bond donors (Lipinski definition) is 0. The average molecular weight is 429 g/mol. The van der Waals surface area contributed by atoms with Crippen LogP contribution in [0.3, 0.4) is 0 Å². The summed E-state index contributed by atoms with van der Waals surface area (Å²) in [5.41, 5.74) is 2.53. The zero-order chi connectivity index (χ0) is 21.9. The Hall–Kier alpha value is -3.67. The van der Waals surface area contributed by atoms with Crippen molar-refractivity contribution in [1.82, 2.24) is 9.97 Å². The first-order chi connectivity index (χ1) is 15.7. The number of nitrogens with zero attached hydrogens (tertiary/aromatic N) is 4. The lowest BCUT2D eigenvalue weighted by Crippen LogP contribution is -2.47. The molecule has 0 spiro atoms. The van der Waals surface area contributed by atoms with Crippen molar-refractivity contribution in [2.45, 2.75) is 6.92 Å². The molecule has 1 saturated heterocycles. The highest BCUT2D eigenvalue weighted by molar-refractivity contribution is 5.91. The minimum atomic E-state index is -0.175. The Labute approximate surface area is 187 Å². The lowest BCUT2D eigenvalue weighted by Gasteiger charge is -2.37. The Balaban J connectivity index is 1.45. The zero-order valence-electron chi connectivity index (χ0n) is 18.0. The van der Waals surface area contributed by atoms with Crippen molar-refractivity contribution in [2.24, 2.45) is 0 Å². The molecular formula is C26H25FN4O. The first-order valence-electron chi connectivity index (χ1n) is 11.0. The topological polar surface area (TPSA) is 41.5 Å². The largest absolute Gasteiger partial charge is 0.494 e. The molecule has 0 unspecified atom stereocenters. The van der Waals surface area contributed by atoms with Crippen LogP contribution in [0.25, 0.3) is 22.3 Å². The fourth-order valence-electron chi connectivity index (χ4n) is 4.16. The standard InChI is InChI=1S/C26H25FN4O/c1-2-32-20-13-11-19(12-14-20)25-28-23-9-5-3-7-21(23)26(29-25)31-17-15-30(16-18-31)24-10-6-4-8-22(24)27/h3-14H,2,15-18H2,1H3. The second-order valence-corrected chi connectivity index (χ2v) is 7.77. The van der Waals surface area contributed by atoms with E-state index in [1.54, 1.807) is 6.07 Å². The van der Waals surface area contributed by atoms with Crippen molar-refractivity contribution in [3.63, 3.8) is 0 Å². The molecule has 5 nitrogen and oxygen atoms in total. The van der Waals surface area contributed by atoms with E-state index in [0.717, 1.165) is 54.2 Å². The Morgan fingerprint density at radius 2 is 1.50 bits per heavy atom. The molecule has 4 aromatic rings. The number of piperazine rings is 1. The van der Waals surface area contributed by atoms with Crippen LogP contribution in [0.4, 0.5) is 15.9 Å². The number of benzene rings is 3. The minimum absolute atomic E-state index is 0.175. The van der Waals surface area contributed by atoms with Gasteiger partial charge in [0.15, 0.2) is 5.82 Å². The van der Waals surface area contributed by atoms with Crippen LogP contribution in [-0.4, -0.2) is 42.8 Å². The Kier molecular flexibility index (Phi) is 5.58. The summed E-state index contributed by atoms with van der Waals surface area (Å²) >= 11 is 0. The number of hydrogen-bond acceptors (Lipinski definition) is 5. The summed E-state index contributed by atoms with van der Waals surface area (Å²) < 4.78 is 19.8. The van der Waals surface area contributed by atoms with E-state index in [4.69, 9.17) is 14.7 Å². The molecule has 0 aliphatic carbocycles. The van der Waals surface area contributed by atoms with Gasteiger partial charge < -0.3 is 14.5 Å². The molecule has 32 heavy (non-hydrogen) atoms. The summed E-state index contributed by atoms with van der Waals surface area (Å²) in [6.45, 7) is 5.60. The Bertz CT molecular complexity index is 1220. The van der Waals surface area contributed by atoms with E-state index in [2.05, 4.69) is 15.9 Å². The van der Waals surface area contributed by atoms with Gasteiger partial charge in [0.25, 0.3) is 0 Å². The lowest BCUT2D eigenvalue weighted by molar-refractivity contribution is 0.340. The number of fused-ring (bicyclic) bond motifs is 1. The van der Waals surface area contributed by atoms with Crippen LogP contribution in [0.5, 0.6) is 5.75 Å². The maximum Gasteiger partial charge on any atom is 0.162 e. The predicted octanol–water partition coefficient (Wildman–Crippen LogP) is 5.16. The molecule has 0 N–H and O–H groups in total. The van der Waals surface area contributed by atoms with Crippen LogP contribution in [0.2, 0.25) is 0 Å². The fraction of sp³-hybridized carbons (Fsp3) is 0.231. The molecule has 0 bridgehead atoms. The molecule has 3 aromatic carbocycles. The first-order valence-corrected chi connectivity index (χ1v) is 11.0. The molecule has 0 amide bonds. The molecule has 6 heteroatoms. The third kappa shape index (κ3) is 3.96. The number of aromatic nitrogens is 2. The highest BCUT2D eigenvalue weighted by atomic mass is 19.1. The third-order valence-corrected chi connectivity index (χ3v) is 5.78. The van der Waals surface area contributed by atoms with E-state index >= 15 is 0 Å². The lowest BCUT2D eigenvalue weighted by atomic mass is 10.1. The molecular weight excluding hydrogens is 403 g/mol. The minimum Gasteiger partial charge on any atom is -0.494 e. The zero-order valence-corrected chi connectivity index (χ0v) is 18.0. The van der Waals surface area contributed by atoms with Gasteiger partial charge >= 0.3 is 0 Å². The van der Waals surface area contributed by atoms with Crippen molar-refractivity contribution >= 4 is 22.4 Å². The number of halogens is 1. The summed E-state index contributed by atoms with van der Waals surface area (Å²) in [6.07, 6.45) is 0. The van der Waals surface area contributed by atoms with Crippen LogP contribution in [-0.2, 0) is 0 Å². The molecule has 0 atom stereocenters. The van der Waals surface area contributed by atoms with Gasteiger partial charge in [-0.05, 0) is 55.5 Å². The number of para-hydroxylation sites is 2. The molecule has 1 aliphatic rings. The van der Waals surface area contributed by atoms with Crippen molar-refractivity contribution < 1.29 is 9.13 Å². The molecule has 162 valence electrons. The number of anilines is 2. The maximum atomic E-state index is 14.2. The van der Waals surface area contributed by atoms with Crippen LogP contribution in [0.1, 0.15) is 6.92 Å². The Morgan fingerprint density at radius 3 is 2.25 bits per heavy atom. The van der Waals surface area contributed by atoms with Crippen molar-refractivity contribution in [3.8, 4) is 17.1 Å². The van der Waals surface area contributed by atoms with Gasteiger partial charge in [-0.1, -0.05) is 24.3 Å². The van der Waals surface area contributed by atoms with Gasteiger partial charge in [-0.3, -0.25) is 0 Å². The second-order valence-electron chi connectivity index (χ2n) is 7.77. The van der Waals surface area contributed by atoms with Crippen LogP contribution in [0.15, 0.2) is 72.8 Å². The smallest absolute Gasteiger partial charge is 0.162 e. The summed E-state index contributed by atoms with van der Waals surface area (Å²) in [6, 6.07) is 23.0. The van der Waals surface area contributed by atoms with Crippen molar-refractivity contribution in [1.29, 1.82) is 0 Å². The highest BCUT2D eigenvalue weighted by Gasteiger charge is 2.22. The average Bonchev–Trinajstić information content (AvgIpc) is 2.84. The fourth-order valence-corrected chi connectivity index (χ4v) is 4.16. The molecule has 1 fully saturated rings. The summed E-state index contributed by atoms with van der Waals surface area (Å²) in [4.78, 5) is 14.2. The number of ether oxygens (including phenoxy) is 1. The molecule has 0 saturated carbocycles. The van der Waals surface area contributed by atoms with Gasteiger partial charge in [0.2, 0.25) is 0 Å². The van der Waals surface area contributed by atoms with Crippen LogP contribution in [0, 0.1) is 5.82 Å². The van der Waals surface area contributed by atoms with Gasteiger partial charge in [-0.15, -0.1) is 0 Å². The molecule has 5 rings (SSSR count). The van der Waals surface area contributed by atoms with E-state index in [1.807, 2.05) is 61.5 Å². The number of rotatable bonds is 5.